The molecule has 106 valence electrons. The fourth-order valence-electron chi connectivity index (χ4n) is 3.69. The van der Waals surface area contributed by atoms with Crippen molar-refractivity contribution in [2.24, 2.45) is 5.92 Å². The summed E-state index contributed by atoms with van der Waals surface area (Å²) in [6.45, 7) is 6.67. The summed E-state index contributed by atoms with van der Waals surface area (Å²) in [4.78, 5) is 2.64. The normalized spacial score (nSPS) is 34.7. The van der Waals surface area contributed by atoms with Gasteiger partial charge in [0, 0.05) is 25.7 Å². The van der Waals surface area contributed by atoms with Gasteiger partial charge in [0.05, 0.1) is 6.10 Å². The van der Waals surface area contributed by atoms with Crippen LogP contribution in [0.5, 0.6) is 0 Å². The largest absolute Gasteiger partial charge is 0.377 e. The molecule has 0 bridgehead atoms. The van der Waals surface area contributed by atoms with Crippen LogP contribution in [0, 0.1) is 5.92 Å². The number of ether oxygens (including phenoxy) is 1. The van der Waals surface area contributed by atoms with E-state index in [9.17, 15) is 0 Å². The molecule has 1 saturated carbocycles. The van der Waals surface area contributed by atoms with Gasteiger partial charge in [0.15, 0.2) is 0 Å². The molecule has 1 aliphatic carbocycles. The lowest BCUT2D eigenvalue weighted by atomic mass is 9.84. The van der Waals surface area contributed by atoms with Crippen LogP contribution in [0.4, 0.5) is 0 Å². The molecule has 1 heterocycles. The van der Waals surface area contributed by atoms with Crippen LogP contribution in [0.15, 0.2) is 0 Å². The van der Waals surface area contributed by atoms with Gasteiger partial charge in [0.2, 0.25) is 0 Å². The molecule has 3 heteroatoms. The Balaban J connectivity index is 1.80. The highest BCUT2D eigenvalue weighted by Gasteiger charge is 2.28. The fourth-order valence-corrected chi connectivity index (χ4v) is 3.69. The zero-order valence-electron chi connectivity index (χ0n) is 12.2. The van der Waals surface area contributed by atoms with Gasteiger partial charge in [-0.05, 0) is 52.1 Å². The van der Waals surface area contributed by atoms with Crippen molar-refractivity contribution in [3.8, 4) is 0 Å². The van der Waals surface area contributed by atoms with Gasteiger partial charge in [-0.3, -0.25) is 0 Å². The van der Waals surface area contributed by atoms with Crippen molar-refractivity contribution in [2.75, 3.05) is 33.3 Å². The number of piperidine rings is 1. The van der Waals surface area contributed by atoms with E-state index in [-0.39, 0.29) is 0 Å². The van der Waals surface area contributed by atoms with Crippen LogP contribution in [-0.2, 0) is 4.74 Å². The summed E-state index contributed by atoms with van der Waals surface area (Å²) >= 11 is 0. The Morgan fingerprint density at radius 1 is 1.17 bits per heavy atom. The smallest absolute Gasteiger partial charge is 0.0702 e. The fraction of sp³-hybridized carbons (Fsp3) is 1.00. The summed E-state index contributed by atoms with van der Waals surface area (Å²) in [5.74, 6) is 0.851. The average Bonchev–Trinajstić information content (AvgIpc) is 2.40. The number of nitrogens with one attached hydrogen (secondary N) is 1. The Bertz CT molecular complexity index is 233. The molecular formula is C15H30N2O. The summed E-state index contributed by atoms with van der Waals surface area (Å²) in [5, 5.41) is 3.52. The van der Waals surface area contributed by atoms with Gasteiger partial charge in [-0.2, -0.15) is 0 Å². The number of rotatable bonds is 5. The topological polar surface area (TPSA) is 24.5 Å². The zero-order chi connectivity index (χ0) is 12.8. The second-order valence-electron chi connectivity index (χ2n) is 5.92. The Hall–Kier alpha value is -0.120. The Labute approximate surface area is 112 Å². The molecule has 0 spiro atoms. The molecule has 3 nitrogen and oxygen atoms in total. The molecule has 0 aromatic heterocycles. The lowest BCUT2D eigenvalue weighted by Crippen LogP contribution is -2.47. The van der Waals surface area contributed by atoms with Crippen LogP contribution >= 0.6 is 0 Å². The van der Waals surface area contributed by atoms with E-state index in [1.54, 1.807) is 0 Å². The Morgan fingerprint density at radius 3 is 2.78 bits per heavy atom. The monoisotopic (exact) mass is 254 g/mol. The van der Waals surface area contributed by atoms with Gasteiger partial charge >= 0.3 is 0 Å². The van der Waals surface area contributed by atoms with E-state index < -0.39 is 0 Å². The molecule has 0 amide bonds. The van der Waals surface area contributed by atoms with Crippen LogP contribution in [-0.4, -0.2) is 50.3 Å². The summed E-state index contributed by atoms with van der Waals surface area (Å²) in [5.41, 5.74) is 0. The first-order valence-electron chi connectivity index (χ1n) is 7.84. The van der Waals surface area contributed by atoms with E-state index in [1.165, 1.54) is 51.6 Å². The first kappa shape index (κ1) is 14.3. The lowest BCUT2D eigenvalue weighted by molar-refractivity contribution is -0.00136. The van der Waals surface area contributed by atoms with E-state index in [0.29, 0.717) is 6.10 Å². The third kappa shape index (κ3) is 3.94. The van der Waals surface area contributed by atoms with Crippen LogP contribution in [0.1, 0.15) is 45.4 Å². The molecule has 0 aromatic rings. The maximum absolute atomic E-state index is 5.80. The van der Waals surface area contributed by atoms with Gasteiger partial charge in [0.25, 0.3) is 0 Å². The maximum Gasteiger partial charge on any atom is 0.0702 e. The molecule has 2 aliphatic rings. The third-order valence-electron chi connectivity index (χ3n) is 4.64. The van der Waals surface area contributed by atoms with Crippen molar-refractivity contribution in [3.05, 3.63) is 0 Å². The maximum atomic E-state index is 5.80. The second-order valence-corrected chi connectivity index (χ2v) is 5.92. The van der Waals surface area contributed by atoms with Crippen molar-refractivity contribution in [2.45, 2.75) is 57.6 Å². The predicted molar refractivity (Wildman–Crippen MR) is 75.9 cm³/mol. The molecule has 18 heavy (non-hydrogen) atoms. The minimum atomic E-state index is 0.486. The standard InChI is InChI=1S/C15H30N2O/c1-3-18-14-8-6-10-17(12-14)11-13-7-4-5-9-15(13)16-2/h13-16H,3-12H2,1-2H3. The third-order valence-corrected chi connectivity index (χ3v) is 4.64. The van der Waals surface area contributed by atoms with Crippen molar-refractivity contribution in [3.63, 3.8) is 0 Å². The zero-order valence-corrected chi connectivity index (χ0v) is 12.2. The molecule has 0 radical (unpaired) electrons. The summed E-state index contributed by atoms with van der Waals surface area (Å²) in [7, 11) is 2.13. The minimum Gasteiger partial charge on any atom is -0.377 e. The van der Waals surface area contributed by atoms with Crippen LogP contribution < -0.4 is 5.32 Å². The van der Waals surface area contributed by atoms with Crippen molar-refractivity contribution < 1.29 is 4.74 Å². The minimum absolute atomic E-state index is 0.486. The molecule has 1 aliphatic heterocycles. The molecule has 1 N–H and O–H groups in total. The predicted octanol–water partition coefficient (Wildman–Crippen LogP) is 2.27. The van der Waals surface area contributed by atoms with Gasteiger partial charge in [-0.15, -0.1) is 0 Å². The van der Waals surface area contributed by atoms with Crippen molar-refractivity contribution >= 4 is 0 Å². The number of hydrogen-bond acceptors (Lipinski definition) is 3. The highest BCUT2D eigenvalue weighted by Crippen LogP contribution is 2.26. The molecule has 2 rings (SSSR count). The number of nitrogens with zero attached hydrogens (tertiary/aromatic N) is 1. The van der Waals surface area contributed by atoms with E-state index in [0.717, 1.165) is 25.1 Å². The highest BCUT2D eigenvalue weighted by molar-refractivity contribution is 4.84. The van der Waals surface area contributed by atoms with E-state index in [2.05, 4.69) is 24.2 Å². The lowest BCUT2D eigenvalue weighted by Gasteiger charge is -2.38. The van der Waals surface area contributed by atoms with Gasteiger partial charge in [-0.25, -0.2) is 0 Å². The number of hydrogen-bond donors (Lipinski definition) is 1. The number of likely N-dealkylation sites (tertiary alicyclic amines) is 1. The molecule has 3 unspecified atom stereocenters. The summed E-state index contributed by atoms with van der Waals surface area (Å²) in [6.07, 6.45) is 8.65. The SMILES string of the molecule is CCOC1CCCN(CC2CCCCC2NC)C1. The van der Waals surface area contributed by atoms with Crippen LogP contribution in [0.3, 0.4) is 0 Å². The van der Waals surface area contributed by atoms with Crippen molar-refractivity contribution in [1.82, 2.24) is 10.2 Å². The Morgan fingerprint density at radius 2 is 2.00 bits per heavy atom. The van der Waals surface area contributed by atoms with Crippen LogP contribution in [0.25, 0.3) is 0 Å². The average molecular weight is 254 g/mol. The molecule has 2 fully saturated rings. The van der Waals surface area contributed by atoms with Gasteiger partial charge in [-0.1, -0.05) is 12.8 Å². The first-order valence-corrected chi connectivity index (χ1v) is 7.84. The van der Waals surface area contributed by atoms with E-state index in [4.69, 9.17) is 4.74 Å². The van der Waals surface area contributed by atoms with E-state index in [1.807, 2.05) is 0 Å². The quantitative estimate of drug-likeness (QED) is 0.814. The van der Waals surface area contributed by atoms with Gasteiger partial charge in [0.1, 0.15) is 0 Å². The molecule has 1 saturated heterocycles. The summed E-state index contributed by atoms with van der Waals surface area (Å²) in [6, 6.07) is 0.742. The molecule has 3 atom stereocenters. The summed E-state index contributed by atoms with van der Waals surface area (Å²) < 4.78 is 5.80. The van der Waals surface area contributed by atoms with E-state index >= 15 is 0 Å². The first-order chi connectivity index (χ1) is 8.83. The van der Waals surface area contributed by atoms with Gasteiger partial charge < -0.3 is 15.0 Å². The Kier molecular flexibility index (Phi) is 5.93. The highest BCUT2D eigenvalue weighted by atomic mass is 16.5. The second kappa shape index (κ2) is 7.46. The van der Waals surface area contributed by atoms with Crippen molar-refractivity contribution in [1.29, 1.82) is 0 Å². The molecule has 0 aromatic carbocycles. The molecular weight excluding hydrogens is 224 g/mol. The van der Waals surface area contributed by atoms with Crippen LogP contribution in [0.2, 0.25) is 0 Å².